The van der Waals surface area contributed by atoms with Crippen LogP contribution in [0.4, 0.5) is 0 Å². The van der Waals surface area contributed by atoms with Crippen LogP contribution in [0.15, 0.2) is 44.4 Å². The van der Waals surface area contributed by atoms with Gasteiger partial charge in [-0.05, 0) is 44.0 Å². The number of carbonyl (C=O) groups is 1. The summed E-state index contributed by atoms with van der Waals surface area (Å²) in [6.07, 6.45) is 3.15. The summed E-state index contributed by atoms with van der Waals surface area (Å²) in [4.78, 5) is 15.9. The quantitative estimate of drug-likeness (QED) is 0.743. The van der Waals surface area contributed by atoms with E-state index in [0.717, 1.165) is 0 Å². The minimum absolute atomic E-state index is 0.132. The summed E-state index contributed by atoms with van der Waals surface area (Å²) in [5, 5.41) is 4.56. The molecule has 0 amide bonds. The summed E-state index contributed by atoms with van der Waals surface area (Å²) in [5.74, 6) is -0.132. The van der Waals surface area contributed by atoms with Crippen LogP contribution in [0, 0.1) is 0 Å². The fraction of sp³-hybridized carbons (Fsp3) is 0.100. The van der Waals surface area contributed by atoms with E-state index in [1.165, 1.54) is 0 Å². The Morgan fingerprint density at radius 2 is 2.12 bits per heavy atom. The first-order chi connectivity index (χ1) is 7.97. The Balaban J connectivity index is 2.30. The number of rotatable bonds is 2. The van der Waals surface area contributed by atoms with E-state index in [2.05, 4.69) is 48.5 Å². The van der Waals surface area contributed by atoms with Crippen molar-refractivity contribution in [3.05, 3.63) is 44.4 Å². The van der Waals surface area contributed by atoms with Gasteiger partial charge in [0.15, 0.2) is 10.5 Å². The Morgan fingerprint density at radius 1 is 1.41 bits per heavy atom. The lowest BCUT2D eigenvalue weighted by molar-refractivity contribution is -0.112. The molecule has 1 aromatic rings. The molecule has 88 valence electrons. The predicted molar refractivity (Wildman–Crippen MR) is 71.6 cm³/mol. The summed E-state index contributed by atoms with van der Waals surface area (Å²) in [6, 6.07) is 0. The normalized spacial score (nSPS) is 15.9. The molecule has 1 heterocycles. The second kappa shape index (κ2) is 4.88. The highest BCUT2D eigenvalue weighted by Gasteiger charge is 2.19. The molecule has 0 atom stereocenters. The average molecular weight is 379 g/mol. The van der Waals surface area contributed by atoms with E-state index in [4.69, 9.17) is 11.6 Å². The number of halogens is 3. The van der Waals surface area contributed by atoms with Crippen LogP contribution in [0.2, 0.25) is 0 Å². The SMILES string of the molecule is C=C1C=C(Cl)C=C(Cn2nc(Br)nc2Br)C1=O. The lowest BCUT2D eigenvalue weighted by Gasteiger charge is -2.11. The molecular weight excluding hydrogens is 373 g/mol. The minimum atomic E-state index is -0.132. The largest absolute Gasteiger partial charge is 0.289 e. The van der Waals surface area contributed by atoms with Gasteiger partial charge in [0.1, 0.15) is 0 Å². The standard InChI is InChI=1S/C10H6Br2ClN3O/c1-5-2-7(13)3-6(8(5)17)4-16-10(12)14-9(11)15-16/h2-3H,1,4H2. The number of Topliss-reactive ketones (excluding diaryl/α,β-unsaturated/α-hetero) is 1. The van der Waals surface area contributed by atoms with Crippen LogP contribution in [0.1, 0.15) is 0 Å². The molecule has 0 aliphatic heterocycles. The number of allylic oxidation sites excluding steroid dienone is 5. The molecule has 0 N–H and O–H groups in total. The van der Waals surface area contributed by atoms with Crippen molar-refractivity contribution in [3.63, 3.8) is 0 Å². The van der Waals surface area contributed by atoms with Crippen LogP contribution < -0.4 is 0 Å². The van der Waals surface area contributed by atoms with Gasteiger partial charge < -0.3 is 0 Å². The number of nitrogens with zero attached hydrogens (tertiary/aromatic N) is 3. The van der Waals surface area contributed by atoms with Crippen molar-refractivity contribution < 1.29 is 4.79 Å². The third-order valence-electron chi connectivity index (χ3n) is 2.13. The molecule has 0 saturated heterocycles. The van der Waals surface area contributed by atoms with Gasteiger partial charge in [-0.2, -0.15) is 4.98 Å². The van der Waals surface area contributed by atoms with Crippen LogP contribution >= 0.6 is 43.5 Å². The van der Waals surface area contributed by atoms with Gasteiger partial charge in [0.05, 0.1) is 6.54 Å². The average Bonchev–Trinajstić information content (AvgIpc) is 2.53. The predicted octanol–water partition coefficient (Wildman–Crippen LogP) is 2.99. The molecule has 4 nitrogen and oxygen atoms in total. The van der Waals surface area contributed by atoms with Gasteiger partial charge in [0.25, 0.3) is 0 Å². The maximum Gasteiger partial charge on any atom is 0.218 e. The third-order valence-corrected chi connectivity index (χ3v) is 3.27. The van der Waals surface area contributed by atoms with Crippen molar-refractivity contribution in [2.24, 2.45) is 0 Å². The fourth-order valence-electron chi connectivity index (χ4n) is 1.39. The van der Waals surface area contributed by atoms with Crippen molar-refractivity contribution in [3.8, 4) is 0 Å². The van der Waals surface area contributed by atoms with Gasteiger partial charge in [-0.3, -0.25) is 4.79 Å². The number of aromatic nitrogens is 3. The van der Waals surface area contributed by atoms with Crippen LogP contribution in [0.3, 0.4) is 0 Å². The van der Waals surface area contributed by atoms with Crippen LogP contribution in [-0.2, 0) is 11.3 Å². The van der Waals surface area contributed by atoms with E-state index in [1.54, 1.807) is 16.8 Å². The monoisotopic (exact) mass is 377 g/mol. The molecule has 0 radical (unpaired) electrons. The number of hydrogen-bond acceptors (Lipinski definition) is 3. The van der Waals surface area contributed by atoms with Crippen LogP contribution in [-0.4, -0.2) is 20.5 Å². The molecule has 0 aromatic carbocycles. The first-order valence-corrected chi connectivity index (χ1v) is 6.51. The Hall–Kier alpha value is -0.720. The highest BCUT2D eigenvalue weighted by Crippen LogP contribution is 2.22. The van der Waals surface area contributed by atoms with Gasteiger partial charge in [0, 0.05) is 16.2 Å². The second-order valence-electron chi connectivity index (χ2n) is 3.36. The topological polar surface area (TPSA) is 47.8 Å². The molecule has 1 aliphatic rings. The lowest BCUT2D eigenvalue weighted by atomic mass is 9.99. The maximum atomic E-state index is 11.8. The van der Waals surface area contributed by atoms with Crippen molar-refractivity contribution in [2.75, 3.05) is 0 Å². The fourth-order valence-corrected chi connectivity index (χ4v) is 2.62. The third kappa shape index (κ3) is 2.75. The molecule has 0 bridgehead atoms. The number of hydrogen-bond donors (Lipinski definition) is 0. The first kappa shape index (κ1) is 12.7. The van der Waals surface area contributed by atoms with Gasteiger partial charge >= 0.3 is 0 Å². The Kier molecular flexibility index (Phi) is 3.65. The van der Waals surface area contributed by atoms with Crippen LogP contribution in [0.5, 0.6) is 0 Å². The van der Waals surface area contributed by atoms with Crippen molar-refractivity contribution in [1.29, 1.82) is 0 Å². The molecule has 17 heavy (non-hydrogen) atoms. The van der Waals surface area contributed by atoms with Crippen molar-refractivity contribution in [2.45, 2.75) is 6.54 Å². The van der Waals surface area contributed by atoms with Crippen molar-refractivity contribution >= 4 is 49.2 Å². The van der Waals surface area contributed by atoms with Gasteiger partial charge in [-0.1, -0.05) is 18.2 Å². The van der Waals surface area contributed by atoms with E-state index in [9.17, 15) is 4.79 Å². The second-order valence-corrected chi connectivity index (χ2v) is 5.22. The minimum Gasteiger partial charge on any atom is -0.289 e. The van der Waals surface area contributed by atoms with E-state index < -0.39 is 0 Å². The summed E-state index contributed by atoms with van der Waals surface area (Å²) in [5.41, 5.74) is 0.906. The van der Waals surface area contributed by atoms with E-state index >= 15 is 0 Å². The molecule has 2 rings (SSSR count). The number of ketones is 1. The Bertz CT molecular complexity index is 574. The molecule has 1 aliphatic carbocycles. The van der Waals surface area contributed by atoms with E-state index in [1.807, 2.05) is 0 Å². The molecule has 7 heteroatoms. The van der Waals surface area contributed by atoms with Crippen LogP contribution in [0.25, 0.3) is 0 Å². The Labute approximate surface area is 119 Å². The summed E-state index contributed by atoms with van der Waals surface area (Å²) in [7, 11) is 0. The zero-order chi connectivity index (χ0) is 12.6. The summed E-state index contributed by atoms with van der Waals surface area (Å²) < 4.78 is 2.54. The maximum absolute atomic E-state index is 11.8. The first-order valence-electron chi connectivity index (χ1n) is 4.54. The summed E-state index contributed by atoms with van der Waals surface area (Å²) in [6.45, 7) is 3.94. The Morgan fingerprint density at radius 3 is 2.71 bits per heavy atom. The molecule has 0 fully saturated rings. The smallest absolute Gasteiger partial charge is 0.218 e. The highest BCUT2D eigenvalue weighted by atomic mass is 79.9. The zero-order valence-corrected chi connectivity index (χ0v) is 12.4. The van der Waals surface area contributed by atoms with E-state index in [-0.39, 0.29) is 5.78 Å². The van der Waals surface area contributed by atoms with E-state index in [0.29, 0.717) is 32.2 Å². The molecule has 0 unspecified atom stereocenters. The van der Waals surface area contributed by atoms with Gasteiger partial charge in [-0.25, -0.2) is 4.68 Å². The lowest BCUT2D eigenvalue weighted by Crippen LogP contribution is -2.15. The zero-order valence-electron chi connectivity index (χ0n) is 8.45. The van der Waals surface area contributed by atoms with Gasteiger partial charge in [-0.15, -0.1) is 5.10 Å². The number of carbonyl (C=O) groups excluding carboxylic acids is 1. The summed E-state index contributed by atoms with van der Waals surface area (Å²) >= 11 is 12.3. The molecular formula is C10H6Br2ClN3O. The highest BCUT2D eigenvalue weighted by molar-refractivity contribution is 9.11. The van der Waals surface area contributed by atoms with Crippen molar-refractivity contribution in [1.82, 2.24) is 14.8 Å². The molecule has 0 saturated carbocycles. The van der Waals surface area contributed by atoms with Gasteiger partial charge in [0.2, 0.25) is 4.73 Å². The molecule has 0 spiro atoms. The molecule has 1 aromatic heterocycles.